The van der Waals surface area contributed by atoms with E-state index in [1.54, 1.807) is 6.20 Å². The summed E-state index contributed by atoms with van der Waals surface area (Å²) < 4.78 is 5.28. The lowest BCUT2D eigenvalue weighted by atomic mass is 10.1. The Morgan fingerprint density at radius 2 is 2.18 bits per heavy atom. The molecule has 2 rings (SSSR count). The standard InChI is InChI=1S/C17H27N3O2/c1-12-7-8-18-9-14(12)10-19-15(13-5-6-13)11-20-16(21)22-17(2,3)4/h7-9,13,15,19H,5-6,10-11H2,1-4H3,(H,20,21). The predicted molar refractivity (Wildman–Crippen MR) is 86.6 cm³/mol. The molecule has 122 valence electrons. The lowest BCUT2D eigenvalue weighted by Gasteiger charge is -2.23. The second-order valence-corrected chi connectivity index (χ2v) is 7.01. The minimum atomic E-state index is -0.459. The van der Waals surface area contributed by atoms with Gasteiger partial charge in [-0.05, 0) is 63.6 Å². The highest BCUT2D eigenvalue weighted by atomic mass is 16.6. The van der Waals surface area contributed by atoms with Gasteiger partial charge in [0.05, 0.1) is 0 Å². The van der Waals surface area contributed by atoms with E-state index in [2.05, 4.69) is 22.5 Å². The van der Waals surface area contributed by atoms with Gasteiger partial charge in [-0.2, -0.15) is 0 Å². The fourth-order valence-electron chi connectivity index (χ4n) is 2.33. The molecule has 0 radical (unpaired) electrons. The first-order valence-electron chi connectivity index (χ1n) is 7.95. The molecule has 0 saturated heterocycles. The van der Waals surface area contributed by atoms with Gasteiger partial charge in [0.25, 0.3) is 0 Å². The summed E-state index contributed by atoms with van der Waals surface area (Å²) in [5, 5.41) is 6.42. The first kappa shape index (κ1) is 16.7. The van der Waals surface area contributed by atoms with Crippen LogP contribution in [0.2, 0.25) is 0 Å². The highest BCUT2D eigenvalue weighted by Gasteiger charge is 2.31. The molecular weight excluding hydrogens is 278 g/mol. The van der Waals surface area contributed by atoms with Gasteiger partial charge in [0.15, 0.2) is 0 Å². The molecule has 1 aromatic heterocycles. The fourth-order valence-corrected chi connectivity index (χ4v) is 2.33. The van der Waals surface area contributed by atoms with Crippen molar-refractivity contribution in [2.45, 2.75) is 58.7 Å². The minimum absolute atomic E-state index is 0.284. The van der Waals surface area contributed by atoms with Crippen LogP contribution in [-0.4, -0.2) is 29.3 Å². The summed E-state index contributed by atoms with van der Waals surface area (Å²) in [6.45, 7) is 9.07. The van der Waals surface area contributed by atoms with Crippen molar-refractivity contribution in [1.82, 2.24) is 15.6 Å². The fraction of sp³-hybridized carbons (Fsp3) is 0.647. The van der Waals surface area contributed by atoms with E-state index >= 15 is 0 Å². The number of aryl methyl sites for hydroxylation is 1. The number of aromatic nitrogens is 1. The van der Waals surface area contributed by atoms with Crippen LogP contribution in [0.25, 0.3) is 0 Å². The van der Waals surface area contributed by atoms with Crippen LogP contribution in [0.4, 0.5) is 4.79 Å². The van der Waals surface area contributed by atoms with E-state index in [1.165, 1.54) is 24.0 Å². The van der Waals surface area contributed by atoms with Crippen molar-refractivity contribution in [3.63, 3.8) is 0 Å². The maximum atomic E-state index is 11.8. The third-order valence-electron chi connectivity index (χ3n) is 3.76. The highest BCUT2D eigenvalue weighted by Crippen LogP contribution is 2.32. The van der Waals surface area contributed by atoms with Crippen LogP contribution in [0.1, 0.15) is 44.7 Å². The first-order valence-corrected chi connectivity index (χ1v) is 7.95. The number of nitrogens with one attached hydrogen (secondary N) is 2. The third kappa shape index (κ3) is 5.64. The van der Waals surface area contributed by atoms with Gasteiger partial charge in [0, 0.05) is 31.5 Å². The Balaban J connectivity index is 1.81. The van der Waals surface area contributed by atoms with Crippen molar-refractivity contribution in [3.05, 3.63) is 29.6 Å². The third-order valence-corrected chi connectivity index (χ3v) is 3.76. The van der Waals surface area contributed by atoms with Gasteiger partial charge in [-0.3, -0.25) is 4.98 Å². The molecule has 1 aliphatic rings. The molecule has 5 nitrogen and oxygen atoms in total. The molecule has 1 aliphatic carbocycles. The number of pyridine rings is 1. The maximum absolute atomic E-state index is 11.8. The summed E-state index contributed by atoms with van der Waals surface area (Å²) >= 11 is 0. The molecule has 5 heteroatoms. The summed E-state index contributed by atoms with van der Waals surface area (Å²) in [4.78, 5) is 15.9. The average Bonchev–Trinajstić information content (AvgIpc) is 3.23. The number of amides is 1. The summed E-state index contributed by atoms with van der Waals surface area (Å²) in [7, 11) is 0. The molecule has 1 heterocycles. The van der Waals surface area contributed by atoms with Gasteiger partial charge in [0.1, 0.15) is 5.60 Å². The van der Waals surface area contributed by atoms with Crippen LogP contribution in [0.15, 0.2) is 18.5 Å². The van der Waals surface area contributed by atoms with Crippen molar-refractivity contribution < 1.29 is 9.53 Å². The Morgan fingerprint density at radius 3 is 2.77 bits per heavy atom. The SMILES string of the molecule is Cc1ccncc1CNC(CNC(=O)OC(C)(C)C)C1CC1. The van der Waals surface area contributed by atoms with Gasteiger partial charge >= 0.3 is 6.09 Å². The molecule has 0 bridgehead atoms. The maximum Gasteiger partial charge on any atom is 0.407 e. The summed E-state index contributed by atoms with van der Waals surface area (Å²) in [6.07, 6.45) is 5.80. The van der Waals surface area contributed by atoms with Crippen LogP contribution in [0.3, 0.4) is 0 Å². The molecule has 0 spiro atoms. The van der Waals surface area contributed by atoms with Crippen molar-refractivity contribution >= 4 is 6.09 Å². The summed E-state index contributed by atoms with van der Waals surface area (Å²) in [6, 6.07) is 2.30. The number of alkyl carbamates (subject to hydrolysis) is 1. The number of nitrogens with zero attached hydrogens (tertiary/aromatic N) is 1. The molecule has 0 aliphatic heterocycles. The molecule has 1 unspecified atom stereocenters. The second-order valence-electron chi connectivity index (χ2n) is 7.01. The molecular formula is C17H27N3O2. The zero-order valence-corrected chi connectivity index (χ0v) is 14.0. The van der Waals surface area contributed by atoms with E-state index in [9.17, 15) is 4.79 Å². The van der Waals surface area contributed by atoms with Crippen molar-refractivity contribution in [2.75, 3.05) is 6.54 Å². The van der Waals surface area contributed by atoms with Gasteiger partial charge in [-0.25, -0.2) is 4.79 Å². The second kappa shape index (κ2) is 7.09. The van der Waals surface area contributed by atoms with Crippen LogP contribution in [-0.2, 0) is 11.3 Å². The number of carbonyl (C=O) groups is 1. The van der Waals surface area contributed by atoms with Gasteiger partial charge < -0.3 is 15.4 Å². The molecule has 1 saturated carbocycles. The normalized spacial score (nSPS) is 16.2. The molecule has 1 atom stereocenters. The van der Waals surface area contributed by atoms with Crippen LogP contribution in [0, 0.1) is 12.8 Å². The molecule has 1 fully saturated rings. The van der Waals surface area contributed by atoms with E-state index in [-0.39, 0.29) is 12.1 Å². The molecule has 1 aromatic rings. The molecule has 0 aromatic carbocycles. The monoisotopic (exact) mass is 305 g/mol. The summed E-state index contributed by atoms with van der Waals surface area (Å²) in [5.41, 5.74) is 1.97. The predicted octanol–water partition coefficient (Wildman–Crippen LogP) is 2.78. The van der Waals surface area contributed by atoms with E-state index in [1.807, 2.05) is 33.0 Å². The first-order chi connectivity index (χ1) is 10.3. The zero-order valence-electron chi connectivity index (χ0n) is 14.0. The molecule has 2 N–H and O–H groups in total. The smallest absolute Gasteiger partial charge is 0.407 e. The van der Waals surface area contributed by atoms with Crippen LogP contribution in [0.5, 0.6) is 0 Å². The number of ether oxygens (including phenoxy) is 1. The lowest BCUT2D eigenvalue weighted by molar-refractivity contribution is 0.0521. The van der Waals surface area contributed by atoms with Gasteiger partial charge in [-0.1, -0.05) is 0 Å². The minimum Gasteiger partial charge on any atom is -0.444 e. The number of rotatable bonds is 6. The van der Waals surface area contributed by atoms with E-state index in [0.717, 1.165) is 6.54 Å². The zero-order chi connectivity index (χ0) is 16.2. The van der Waals surface area contributed by atoms with Crippen LogP contribution >= 0.6 is 0 Å². The van der Waals surface area contributed by atoms with E-state index in [0.29, 0.717) is 12.5 Å². The van der Waals surface area contributed by atoms with E-state index in [4.69, 9.17) is 4.74 Å². The highest BCUT2D eigenvalue weighted by molar-refractivity contribution is 5.67. The van der Waals surface area contributed by atoms with E-state index < -0.39 is 5.60 Å². The van der Waals surface area contributed by atoms with Crippen molar-refractivity contribution in [3.8, 4) is 0 Å². The topological polar surface area (TPSA) is 63.2 Å². The number of hydrogen-bond acceptors (Lipinski definition) is 4. The van der Waals surface area contributed by atoms with Crippen LogP contribution < -0.4 is 10.6 Å². The quantitative estimate of drug-likeness (QED) is 0.848. The molecule has 22 heavy (non-hydrogen) atoms. The molecule has 1 amide bonds. The number of hydrogen-bond donors (Lipinski definition) is 2. The van der Waals surface area contributed by atoms with Gasteiger partial charge in [0.2, 0.25) is 0 Å². The Bertz CT molecular complexity index is 507. The average molecular weight is 305 g/mol. The largest absolute Gasteiger partial charge is 0.444 e. The van der Waals surface area contributed by atoms with Crippen molar-refractivity contribution in [2.24, 2.45) is 5.92 Å². The summed E-state index contributed by atoms with van der Waals surface area (Å²) in [5.74, 6) is 0.645. The van der Waals surface area contributed by atoms with Gasteiger partial charge in [-0.15, -0.1) is 0 Å². The Hall–Kier alpha value is -1.62. The lowest BCUT2D eigenvalue weighted by Crippen LogP contribution is -2.43. The Labute approximate surface area is 132 Å². The Morgan fingerprint density at radius 1 is 1.45 bits per heavy atom. The number of carbonyl (C=O) groups excluding carboxylic acids is 1. The Kier molecular flexibility index (Phi) is 5.40. The van der Waals surface area contributed by atoms with Crippen molar-refractivity contribution in [1.29, 1.82) is 0 Å².